The molecule has 0 fully saturated rings. The molecule has 0 saturated carbocycles. The van der Waals surface area contributed by atoms with Crippen molar-refractivity contribution in [1.82, 2.24) is 5.32 Å². The third kappa shape index (κ3) is 9.09. The van der Waals surface area contributed by atoms with Crippen LogP contribution in [0.3, 0.4) is 0 Å². The van der Waals surface area contributed by atoms with Crippen LogP contribution in [0.25, 0.3) is 0 Å². The minimum absolute atomic E-state index is 0.0549. The molecule has 0 aromatic rings. The van der Waals surface area contributed by atoms with Crippen LogP contribution in [0.15, 0.2) is 0 Å². The zero-order chi connectivity index (χ0) is 9.40. The van der Waals surface area contributed by atoms with Crippen molar-refractivity contribution in [2.45, 2.75) is 12.8 Å². The fraction of sp³-hybridized carbons (Fsp3) is 0.667. The number of hydrogen-bond acceptors (Lipinski definition) is 3. The highest BCUT2D eigenvalue weighted by Gasteiger charge is 1.95. The van der Waals surface area contributed by atoms with Crippen molar-refractivity contribution in [1.29, 1.82) is 5.41 Å². The van der Waals surface area contributed by atoms with Crippen molar-refractivity contribution >= 4 is 23.7 Å². The fourth-order valence-electron chi connectivity index (χ4n) is 0.526. The molecule has 0 amide bonds. The summed E-state index contributed by atoms with van der Waals surface area (Å²) >= 11 is 1.53. The number of nitrogens with one attached hydrogen (secondary N) is 2. The summed E-state index contributed by atoms with van der Waals surface area (Å²) in [5.41, 5.74) is 5.02. The van der Waals surface area contributed by atoms with Gasteiger partial charge in [-0.05, 0) is 12.2 Å². The lowest BCUT2D eigenvalue weighted by molar-refractivity contribution is -0.137. The molecule has 0 aromatic heterocycles. The zero-order valence-corrected chi connectivity index (χ0v) is 7.49. The maximum atomic E-state index is 10.1. The Morgan fingerprint density at radius 3 is 2.83 bits per heavy atom. The van der Waals surface area contributed by atoms with Crippen LogP contribution in [-0.2, 0) is 4.79 Å². The standard InChI is InChI=1S/C6H13N3O2S/c7-6(8)9-4-12-3-1-2-5(10)11/h1-4H2,(H,10,11)(H4,7,8,9). The van der Waals surface area contributed by atoms with E-state index in [1.807, 2.05) is 0 Å². The third-order valence-electron chi connectivity index (χ3n) is 1.04. The lowest BCUT2D eigenvalue weighted by Crippen LogP contribution is -2.29. The van der Waals surface area contributed by atoms with E-state index in [9.17, 15) is 4.79 Å². The molecule has 0 aliphatic rings. The summed E-state index contributed by atoms with van der Waals surface area (Å²) in [7, 11) is 0. The van der Waals surface area contributed by atoms with Crippen molar-refractivity contribution in [2.75, 3.05) is 11.6 Å². The topological polar surface area (TPSA) is 99.2 Å². The summed E-state index contributed by atoms with van der Waals surface area (Å²) in [6.45, 7) is 0. The fourth-order valence-corrected chi connectivity index (χ4v) is 1.28. The van der Waals surface area contributed by atoms with E-state index in [1.165, 1.54) is 11.8 Å². The molecule has 0 aliphatic carbocycles. The molecular weight excluding hydrogens is 178 g/mol. The van der Waals surface area contributed by atoms with Gasteiger partial charge in [-0.3, -0.25) is 10.2 Å². The first-order valence-electron chi connectivity index (χ1n) is 3.50. The second-order valence-corrected chi connectivity index (χ2v) is 3.25. The molecule has 5 N–H and O–H groups in total. The molecule has 0 atom stereocenters. The van der Waals surface area contributed by atoms with Crippen molar-refractivity contribution < 1.29 is 9.90 Å². The van der Waals surface area contributed by atoms with Crippen LogP contribution in [0.5, 0.6) is 0 Å². The van der Waals surface area contributed by atoms with Gasteiger partial charge in [0.15, 0.2) is 5.96 Å². The molecule has 0 aromatic carbocycles. The molecule has 70 valence electrons. The van der Waals surface area contributed by atoms with Gasteiger partial charge in [0, 0.05) is 6.42 Å². The Morgan fingerprint density at radius 1 is 1.67 bits per heavy atom. The van der Waals surface area contributed by atoms with Gasteiger partial charge in [0.05, 0.1) is 5.88 Å². The van der Waals surface area contributed by atoms with Crippen LogP contribution in [0, 0.1) is 5.41 Å². The zero-order valence-electron chi connectivity index (χ0n) is 6.67. The van der Waals surface area contributed by atoms with Gasteiger partial charge in [-0.2, -0.15) is 0 Å². The van der Waals surface area contributed by atoms with Crippen LogP contribution in [0.2, 0.25) is 0 Å². The molecule has 5 nitrogen and oxygen atoms in total. The molecule has 12 heavy (non-hydrogen) atoms. The molecule has 0 aliphatic heterocycles. The molecule has 0 saturated heterocycles. The predicted molar refractivity (Wildman–Crippen MR) is 49.2 cm³/mol. The van der Waals surface area contributed by atoms with E-state index in [4.69, 9.17) is 16.2 Å². The summed E-state index contributed by atoms with van der Waals surface area (Å²) < 4.78 is 0. The SMILES string of the molecule is N=C(N)NCSCCCC(=O)O. The highest BCUT2D eigenvalue weighted by Crippen LogP contribution is 2.01. The van der Waals surface area contributed by atoms with Gasteiger partial charge in [0.1, 0.15) is 0 Å². The largest absolute Gasteiger partial charge is 0.481 e. The number of nitrogens with two attached hydrogens (primary N) is 1. The second-order valence-electron chi connectivity index (χ2n) is 2.14. The van der Waals surface area contributed by atoms with Crippen LogP contribution < -0.4 is 11.1 Å². The summed E-state index contributed by atoms with van der Waals surface area (Å²) in [6, 6.07) is 0. The van der Waals surface area contributed by atoms with E-state index < -0.39 is 5.97 Å². The lowest BCUT2D eigenvalue weighted by atomic mass is 10.3. The van der Waals surface area contributed by atoms with Gasteiger partial charge in [-0.15, -0.1) is 11.8 Å². The molecule has 0 spiro atoms. The number of carboxylic acids is 1. The average Bonchev–Trinajstić information content (AvgIpc) is 1.95. The number of hydrogen-bond donors (Lipinski definition) is 4. The van der Waals surface area contributed by atoms with E-state index in [0.717, 1.165) is 5.75 Å². The average molecular weight is 191 g/mol. The monoisotopic (exact) mass is 191 g/mol. The highest BCUT2D eigenvalue weighted by atomic mass is 32.2. The molecule has 0 bridgehead atoms. The number of guanidine groups is 1. The lowest BCUT2D eigenvalue weighted by Gasteiger charge is -2.01. The summed E-state index contributed by atoms with van der Waals surface area (Å²) in [5, 5.41) is 17.7. The van der Waals surface area contributed by atoms with Crippen molar-refractivity contribution in [3.05, 3.63) is 0 Å². The van der Waals surface area contributed by atoms with E-state index in [2.05, 4.69) is 5.32 Å². The van der Waals surface area contributed by atoms with Crippen molar-refractivity contribution in [2.24, 2.45) is 5.73 Å². The van der Waals surface area contributed by atoms with Gasteiger partial charge >= 0.3 is 5.97 Å². The van der Waals surface area contributed by atoms with Gasteiger partial charge in [-0.1, -0.05) is 0 Å². The van der Waals surface area contributed by atoms with E-state index >= 15 is 0 Å². The Bertz CT molecular complexity index is 145. The van der Waals surface area contributed by atoms with E-state index in [1.54, 1.807) is 0 Å². The van der Waals surface area contributed by atoms with Gasteiger partial charge in [0.2, 0.25) is 0 Å². The van der Waals surface area contributed by atoms with Crippen molar-refractivity contribution in [3.63, 3.8) is 0 Å². The summed E-state index contributed by atoms with van der Waals surface area (Å²) in [5.74, 6) is 0.512. The maximum Gasteiger partial charge on any atom is 0.303 e. The number of rotatable bonds is 6. The van der Waals surface area contributed by atoms with E-state index in [-0.39, 0.29) is 12.4 Å². The van der Waals surface area contributed by atoms with Gasteiger partial charge < -0.3 is 16.2 Å². The first-order chi connectivity index (χ1) is 5.63. The minimum Gasteiger partial charge on any atom is -0.481 e. The smallest absolute Gasteiger partial charge is 0.303 e. The Morgan fingerprint density at radius 2 is 2.33 bits per heavy atom. The first-order valence-corrected chi connectivity index (χ1v) is 4.66. The van der Waals surface area contributed by atoms with Crippen LogP contribution in [0.1, 0.15) is 12.8 Å². The number of aliphatic carboxylic acids is 1. The molecule has 0 unspecified atom stereocenters. The normalized spacial score (nSPS) is 9.33. The van der Waals surface area contributed by atoms with Crippen molar-refractivity contribution in [3.8, 4) is 0 Å². The van der Waals surface area contributed by atoms with Crippen LogP contribution in [-0.4, -0.2) is 28.7 Å². The molecule has 0 radical (unpaired) electrons. The highest BCUT2D eigenvalue weighted by molar-refractivity contribution is 7.99. The van der Waals surface area contributed by atoms with Crippen LogP contribution >= 0.6 is 11.8 Å². The Kier molecular flexibility index (Phi) is 6.26. The number of thioether (sulfide) groups is 1. The van der Waals surface area contributed by atoms with Gasteiger partial charge in [0.25, 0.3) is 0 Å². The predicted octanol–water partition coefficient (Wildman–Crippen LogP) is 0.0250. The summed E-state index contributed by atoms with van der Waals surface area (Å²) in [4.78, 5) is 10.1. The third-order valence-corrected chi connectivity index (χ3v) is 1.97. The minimum atomic E-state index is -0.768. The van der Waals surface area contributed by atoms with Gasteiger partial charge in [-0.25, -0.2) is 0 Å². The number of carbonyl (C=O) groups is 1. The molecule has 6 heteroatoms. The maximum absolute atomic E-state index is 10.1. The molecule has 0 rings (SSSR count). The number of carboxylic acid groups (broad SMARTS) is 1. The molecule has 0 heterocycles. The Hall–Kier alpha value is -0.910. The second kappa shape index (κ2) is 6.78. The van der Waals surface area contributed by atoms with Crippen LogP contribution in [0.4, 0.5) is 0 Å². The first kappa shape index (κ1) is 11.1. The summed E-state index contributed by atoms with van der Waals surface area (Å²) in [6.07, 6.45) is 0.854. The Labute approximate surface area is 75.2 Å². The molecular formula is C6H13N3O2S. The quantitative estimate of drug-likeness (QED) is 0.205. The van der Waals surface area contributed by atoms with E-state index in [0.29, 0.717) is 12.3 Å². The Balaban J connectivity index is 3.01.